The van der Waals surface area contributed by atoms with Gasteiger partial charge in [-0.2, -0.15) is 0 Å². The van der Waals surface area contributed by atoms with Gasteiger partial charge in [-0.1, -0.05) is 19.1 Å². The van der Waals surface area contributed by atoms with Crippen molar-refractivity contribution in [1.82, 2.24) is 0 Å². The SMILES string of the molecule is CCCOc1ccc(C(=O)Nc2cccc(C)c2C)cc1. The number of carbonyl (C=O) groups is 1. The van der Waals surface area contributed by atoms with Crippen molar-refractivity contribution in [3.8, 4) is 5.75 Å². The van der Waals surface area contributed by atoms with Crippen LogP contribution in [0.25, 0.3) is 0 Å². The molecule has 2 aromatic rings. The fourth-order valence-electron chi connectivity index (χ4n) is 2.00. The Hall–Kier alpha value is -2.29. The van der Waals surface area contributed by atoms with Gasteiger partial charge in [-0.15, -0.1) is 0 Å². The second-order valence-corrected chi connectivity index (χ2v) is 5.07. The monoisotopic (exact) mass is 283 g/mol. The normalized spacial score (nSPS) is 10.2. The molecule has 110 valence electrons. The van der Waals surface area contributed by atoms with E-state index in [1.54, 1.807) is 12.1 Å². The Labute approximate surface area is 126 Å². The third-order valence-electron chi connectivity index (χ3n) is 3.44. The molecule has 0 aliphatic rings. The van der Waals surface area contributed by atoms with E-state index in [0.29, 0.717) is 12.2 Å². The number of anilines is 1. The molecule has 2 rings (SSSR count). The largest absolute Gasteiger partial charge is 0.494 e. The highest BCUT2D eigenvalue weighted by molar-refractivity contribution is 6.04. The topological polar surface area (TPSA) is 38.3 Å². The molecule has 1 N–H and O–H groups in total. The van der Waals surface area contributed by atoms with Crippen molar-refractivity contribution in [3.63, 3.8) is 0 Å². The van der Waals surface area contributed by atoms with E-state index in [-0.39, 0.29) is 5.91 Å². The number of rotatable bonds is 5. The van der Waals surface area contributed by atoms with Gasteiger partial charge in [-0.25, -0.2) is 0 Å². The Morgan fingerprint density at radius 3 is 2.48 bits per heavy atom. The van der Waals surface area contributed by atoms with E-state index in [9.17, 15) is 4.79 Å². The highest BCUT2D eigenvalue weighted by atomic mass is 16.5. The second kappa shape index (κ2) is 6.93. The van der Waals surface area contributed by atoms with Crippen molar-refractivity contribution in [2.45, 2.75) is 27.2 Å². The molecule has 0 radical (unpaired) electrons. The highest BCUT2D eigenvalue weighted by Crippen LogP contribution is 2.19. The van der Waals surface area contributed by atoms with E-state index < -0.39 is 0 Å². The third kappa shape index (κ3) is 3.85. The van der Waals surface area contributed by atoms with Crippen LogP contribution >= 0.6 is 0 Å². The Balaban J connectivity index is 2.08. The van der Waals surface area contributed by atoms with E-state index in [2.05, 4.69) is 12.2 Å². The fraction of sp³-hybridized carbons (Fsp3) is 0.278. The number of hydrogen-bond donors (Lipinski definition) is 1. The molecule has 3 nitrogen and oxygen atoms in total. The summed E-state index contributed by atoms with van der Waals surface area (Å²) in [4.78, 5) is 12.3. The minimum atomic E-state index is -0.106. The van der Waals surface area contributed by atoms with Crippen LogP contribution in [0.5, 0.6) is 5.75 Å². The summed E-state index contributed by atoms with van der Waals surface area (Å²) in [6.45, 7) is 6.79. The molecule has 0 unspecified atom stereocenters. The van der Waals surface area contributed by atoms with Crippen molar-refractivity contribution >= 4 is 11.6 Å². The summed E-state index contributed by atoms with van der Waals surface area (Å²) < 4.78 is 5.51. The minimum Gasteiger partial charge on any atom is -0.494 e. The smallest absolute Gasteiger partial charge is 0.255 e. The summed E-state index contributed by atoms with van der Waals surface area (Å²) in [5.41, 5.74) is 3.73. The van der Waals surface area contributed by atoms with E-state index in [1.807, 2.05) is 44.2 Å². The van der Waals surface area contributed by atoms with E-state index >= 15 is 0 Å². The highest BCUT2D eigenvalue weighted by Gasteiger charge is 2.08. The maximum atomic E-state index is 12.3. The van der Waals surface area contributed by atoms with Gasteiger partial charge in [0.15, 0.2) is 0 Å². The van der Waals surface area contributed by atoms with Crippen LogP contribution in [0.1, 0.15) is 34.8 Å². The molecule has 0 heterocycles. The second-order valence-electron chi connectivity index (χ2n) is 5.07. The lowest BCUT2D eigenvalue weighted by Crippen LogP contribution is -2.13. The van der Waals surface area contributed by atoms with Gasteiger partial charge in [-0.3, -0.25) is 4.79 Å². The number of amides is 1. The third-order valence-corrected chi connectivity index (χ3v) is 3.44. The lowest BCUT2D eigenvalue weighted by atomic mass is 10.1. The maximum Gasteiger partial charge on any atom is 0.255 e. The fourth-order valence-corrected chi connectivity index (χ4v) is 2.00. The van der Waals surface area contributed by atoms with Crippen LogP contribution in [0.15, 0.2) is 42.5 Å². The molecular formula is C18H21NO2. The average molecular weight is 283 g/mol. The van der Waals surface area contributed by atoms with Gasteiger partial charge in [-0.05, 0) is 61.7 Å². The first kappa shape index (κ1) is 15.1. The molecule has 0 saturated heterocycles. The van der Waals surface area contributed by atoms with Crippen LogP contribution in [-0.2, 0) is 0 Å². The number of ether oxygens (including phenoxy) is 1. The van der Waals surface area contributed by atoms with Crippen LogP contribution < -0.4 is 10.1 Å². The first-order chi connectivity index (χ1) is 10.1. The van der Waals surface area contributed by atoms with Gasteiger partial charge >= 0.3 is 0 Å². The van der Waals surface area contributed by atoms with Crippen LogP contribution in [0.2, 0.25) is 0 Å². The van der Waals surface area contributed by atoms with Crippen molar-refractivity contribution in [1.29, 1.82) is 0 Å². The zero-order chi connectivity index (χ0) is 15.2. The van der Waals surface area contributed by atoms with Crippen molar-refractivity contribution < 1.29 is 9.53 Å². The molecule has 0 saturated carbocycles. The predicted octanol–water partition coefficient (Wildman–Crippen LogP) is 4.34. The number of hydrogen-bond acceptors (Lipinski definition) is 2. The summed E-state index contributed by atoms with van der Waals surface area (Å²) in [6, 6.07) is 13.1. The predicted molar refractivity (Wildman–Crippen MR) is 86.1 cm³/mol. The van der Waals surface area contributed by atoms with Crippen molar-refractivity contribution in [2.24, 2.45) is 0 Å². The summed E-state index contributed by atoms with van der Waals surface area (Å²) >= 11 is 0. The molecule has 0 aliphatic heterocycles. The van der Waals surface area contributed by atoms with Gasteiger partial charge < -0.3 is 10.1 Å². The van der Waals surface area contributed by atoms with Crippen LogP contribution in [0.4, 0.5) is 5.69 Å². The van der Waals surface area contributed by atoms with Crippen molar-refractivity contribution in [3.05, 3.63) is 59.2 Å². The molecule has 1 amide bonds. The van der Waals surface area contributed by atoms with Crippen molar-refractivity contribution in [2.75, 3.05) is 11.9 Å². The summed E-state index contributed by atoms with van der Waals surface area (Å²) in [7, 11) is 0. The van der Waals surface area contributed by atoms with Gasteiger partial charge in [0.05, 0.1) is 6.61 Å². The quantitative estimate of drug-likeness (QED) is 0.886. The van der Waals surface area contributed by atoms with Crippen LogP contribution in [-0.4, -0.2) is 12.5 Å². The molecule has 3 heteroatoms. The Morgan fingerprint density at radius 1 is 1.10 bits per heavy atom. The van der Waals surface area contributed by atoms with Crippen LogP contribution in [0.3, 0.4) is 0 Å². The molecule has 2 aromatic carbocycles. The Morgan fingerprint density at radius 2 is 1.81 bits per heavy atom. The molecule has 21 heavy (non-hydrogen) atoms. The average Bonchev–Trinajstić information content (AvgIpc) is 2.50. The standard InChI is InChI=1S/C18H21NO2/c1-4-12-21-16-10-8-15(9-11-16)18(20)19-17-7-5-6-13(2)14(17)3/h5-11H,4,12H2,1-3H3,(H,19,20). The molecule has 0 atom stereocenters. The first-order valence-electron chi connectivity index (χ1n) is 7.22. The number of carbonyl (C=O) groups excluding carboxylic acids is 1. The summed E-state index contributed by atoms with van der Waals surface area (Å²) in [5.74, 6) is 0.686. The van der Waals surface area contributed by atoms with Crippen LogP contribution in [0, 0.1) is 13.8 Å². The van der Waals surface area contributed by atoms with E-state index in [4.69, 9.17) is 4.74 Å². The molecule has 0 bridgehead atoms. The summed E-state index contributed by atoms with van der Waals surface area (Å²) in [6.07, 6.45) is 0.967. The molecule has 0 fully saturated rings. The van der Waals surface area contributed by atoms with Gasteiger partial charge in [0, 0.05) is 11.3 Å². The first-order valence-corrected chi connectivity index (χ1v) is 7.22. The van der Waals surface area contributed by atoms with E-state index in [1.165, 1.54) is 0 Å². The molecule has 0 aromatic heterocycles. The zero-order valence-electron chi connectivity index (χ0n) is 12.8. The lowest BCUT2D eigenvalue weighted by Gasteiger charge is -2.11. The number of aryl methyl sites for hydroxylation is 1. The molecule has 0 aliphatic carbocycles. The molecule has 0 spiro atoms. The number of benzene rings is 2. The van der Waals surface area contributed by atoms with Gasteiger partial charge in [0.1, 0.15) is 5.75 Å². The Bertz CT molecular complexity index is 618. The zero-order valence-corrected chi connectivity index (χ0v) is 12.8. The van der Waals surface area contributed by atoms with Gasteiger partial charge in [0.2, 0.25) is 0 Å². The van der Waals surface area contributed by atoms with E-state index in [0.717, 1.165) is 29.0 Å². The number of nitrogens with one attached hydrogen (secondary N) is 1. The summed E-state index contributed by atoms with van der Waals surface area (Å²) in [5, 5.41) is 2.95. The Kier molecular flexibility index (Phi) is 4.99. The maximum absolute atomic E-state index is 12.3. The van der Waals surface area contributed by atoms with Gasteiger partial charge in [0.25, 0.3) is 5.91 Å². The molecular weight excluding hydrogens is 262 g/mol. The minimum absolute atomic E-state index is 0.106. The lowest BCUT2D eigenvalue weighted by molar-refractivity contribution is 0.102.